The first kappa shape index (κ1) is 13.5. The second-order valence-electron chi connectivity index (χ2n) is 4.20. The molecule has 94 valence electrons. The third kappa shape index (κ3) is 2.58. The maximum atomic E-state index is 13.8. The Labute approximate surface area is 118 Å². The van der Waals surface area contributed by atoms with E-state index in [2.05, 4.69) is 15.9 Å². The number of aliphatic hydroxyl groups is 1. The van der Waals surface area contributed by atoms with Gasteiger partial charge in [-0.3, -0.25) is 0 Å². The highest BCUT2D eigenvalue weighted by molar-refractivity contribution is 9.10. The van der Waals surface area contributed by atoms with Crippen LogP contribution >= 0.6 is 27.5 Å². The molecule has 0 amide bonds. The van der Waals surface area contributed by atoms with Gasteiger partial charge in [0.25, 0.3) is 0 Å². The SMILES string of the molecule is CC(O)(c1ccc(Cl)cc1)c1cc(Br)ccc1F. The molecule has 0 spiro atoms. The molecule has 0 aliphatic rings. The quantitative estimate of drug-likeness (QED) is 0.860. The maximum absolute atomic E-state index is 13.8. The Morgan fingerprint density at radius 2 is 1.78 bits per heavy atom. The number of hydrogen-bond donors (Lipinski definition) is 1. The van der Waals surface area contributed by atoms with Gasteiger partial charge in [-0.15, -0.1) is 0 Å². The van der Waals surface area contributed by atoms with E-state index in [0.717, 1.165) is 0 Å². The van der Waals surface area contributed by atoms with Crippen molar-refractivity contribution in [2.45, 2.75) is 12.5 Å². The molecule has 1 nitrogen and oxygen atoms in total. The number of benzene rings is 2. The molecule has 0 bridgehead atoms. The molecule has 2 aromatic rings. The van der Waals surface area contributed by atoms with E-state index in [0.29, 0.717) is 15.1 Å². The van der Waals surface area contributed by atoms with Gasteiger partial charge in [-0.25, -0.2) is 4.39 Å². The van der Waals surface area contributed by atoms with E-state index in [-0.39, 0.29) is 5.56 Å². The highest BCUT2D eigenvalue weighted by Gasteiger charge is 2.28. The van der Waals surface area contributed by atoms with Crippen molar-refractivity contribution in [3.63, 3.8) is 0 Å². The Morgan fingerprint density at radius 3 is 2.39 bits per heavy atom. The van der Waals surface area contributed by atoms with Gasteiger partial charge >= 0.3 is 0 Å². The summed E-state index contributed by atoms with van der Waals surface area (Å²) in [6.07, 6.45) is 0. The van der Waals surface area contributed by atoms with Crippen LogP contribution in [0.25, 0.3) is 0 Å². The first-order valence-corrected chi connectivity index (χ1v) is 6.52. The Hall–Kier alpha value is -0.900. The van der Waals surface area contributed by atoms with E-state index in [9.17, 15) is 9.50 Å². The zero-order chi connectivity index (χ0) is 13.3. The van der Waals surface area contributed by atoms with E-state index in [1.165, 1.54) is 6.07 Å². The van der Waals surface area contributed by atoms with Crippen LogP contribution in [0, 0.1) is 5.82 Å². The summed E-state index contributed by atoms with van der Waals surface area (Å²) in [4.78, 5) is 0. The van der Waals surface area contributed by atoms with Crippen molar-refractivity contribution in [2.75, 3.05) is 0 Å². The zero-order valence-electron chi connectivity index (χ0n) is 9.62. The fourth-order valence-electron chi connectivity index (χ4n) is 1.80. The van der Waals surface area contributed by atoms with Gasteiger partial charge in [-0.1, -0.05) is 39.7 Å². The van der Waals surface area contributed by atoms with Crippen molar-refractivity contribution in [1.82, 2.24) is 0 Å². The van der Waals surface area contributed by atoms with Gasteiger partial charge < -0.3 is 5.11 Å². The van der Waals surface area contributed by atoms with Gasteiger partial charge in [0.15, 0.2) is 0 Å². The lowest BCUT2D eigenvalue weighted by molar-refractivity contribution is 0.0979. The molecule has 0 aliphatic carbocycles. The van der Waals surface area contributed by atoms with Crippen molar-refractivity contribution >= 4 is 27.5 Å². The molecule has 1 atom stereocenters. The molecule has 0 radical (unpaired) electrons. The van der Waals surface area contributed by atoms with Crippen LogP contribution in [-0.4, -0.2) is 5.11 Å². The summed E-state index contributed by atoms with van der Waals surface area (Å²) in [7, 11) is 0. The number of halogens is 3. The Balaban J connectivity index is 2.53. The van der Waals surface area contributed by atoms with Crippen LogP contribution in [-0.2, 0) is 5.60 Å². The fraction of sp³-hybridized carbons (Fsp3) is 0.143. The van der Waals surface area contributed by atoms with Crippen LogP contribution in [0.4, 0.5) is 4.39 Å². The smallest absolute Gasteiger partial charge is 0.129 e. The molecule has 4 heteroatoms. The predicted octanol–water partition coefficient (Wildman–Crippen LogP) is 4.50. The van der Waals surface area contributed by atoms with Crippen molar-refractivity contribution in [2.24, 2.45) is 0 Å². The monoisotopic (exact) mass is 328 g/mol. The minimum absolute atomic E-state index is 0.221. The summed E-state index contributed by atoms with van der Waals surface area (Å²) in [5, 5.41) is 11.1. The van der Waals surface area contributed by atoms with Crippen LogP contribution in [0.5, 0.6) is 0 Å². The minimum Gasteiger partial charge on any atom is -0.381 e. The van der Waals surface area contributed by atoms with Crippen molar-refractivity contribution < 1.29 is 9.50 Å². The summed E-state index contributed by atoms with van der Waals surface area (Å²) >= 11 is 9.08. The topological polar surface area (TPSA) is 20.2 Å². The predicted molar refractivity (Wildman–Crippen MR) is 74.2 cm³/mol. The molecule has 0 saturated heterocycles. The molecular weight excluding hydrogens is 319 g/mol. The van der Waals surface area contributed by atoms with Gasteiger partial charge in [-0.05, 0) is 42.8 Å². The first-order valence-electron chi connectivity index (χ1n) is 5.35. The van der Waals surface area contributed by atoms with E-state index in [1.807, 2.05) is 0 Å². The highest BCUT2D eigenvalue weighted by Crippen LogP contribution is 2.33. The van der Waals surface area contributed by atoms with E-state index < -0.39 is 11.4 Å². The molecule has 2 rings (SSSR count). The van der Waals surface area contributed by atoms with Gasteiger partial charge in [0, 0.05) is 15.1 Å². The van der Waals surface area contributed by atoms with Gasteiger partial charge in [0.2, 0.25) is 0 Å². The van der Waals surface area contributed by atoms with Crippen LogP contribution in [0.2, 0.25) is 5.02 Å². The van der Waals surface area contributed by atoms with Gasteiger partial charge in [-0.2, -0.15) is 0 Å². The minimum atomic E-state index is -1.40. The first-order chi connectivity index (χ1) is 8.41. The third-order valence-electron chi connectivity index (χ3n) is 2.86. The van der Waals surface area contributed by atoms with E-state index in [4.69, 9.17) is 11.6 Å². The lowest BCUT2D eigenvalue weighted by Gasteiger charge is -2.25. The average Bonchev–Trinajstić information content (AvgIpc) is 2.32. The molecule has 1 unspecified atom stereocenters. The molecule has 0 saturated carbocycles. The van der Waals surface area contributed by atoms with E-state index >= 15 is 0 Å². The second-order valence-corrected chi connectivity index (χ2v) is 5.56. The molecular formula is C14H11BrClFO. The average molecular weight is 330 g/mol. The Kier molecular flexibility index (Phi) is 3.76. The Bertz CT molecular complexity index is 567. The zero-order valence-corrected chi connectivity index (χ0v) is 12.0. The van der Waals surface area contributed by atoms with Gasteiger partial charge in [0.05, 0.1) is 0 Å². The summed E-state index contributed by atoms with van der Waals surface area (Å²) in [5.74, 6) is -0.446. The van der Waals surface area contributed by atoms with Gasteiger partial charge in [0.1, 0.15) is 11.4 Å². The van der Waals surface area contributed by atoms with Crippen LogP contribution in [0.3, 0.4) is 0 Å². The Morgan fingerprint density at radius 1 is 1.17 bits per heavy atom. The van der Waals surface area contributed by atoms with Crippen molar-refractivity contribution in [3.8, 4) is 0 Å². The fourth-order valence-corrected chi connectivity index (χ4v) is 2.29. The van der Waals surface area contributed by atoms with Crippen molar-refractivity contribution in [3.05, 3.63) is 68.9 Å². The molecule has 0 heterocycles. The molecule has 18 heavy (non-hydrogen) atoms. The number of hydrogen-bond acceptors (Lipinski definition) is 1. The van der Waals surface area contributed by atoms with Crippen molar-refractivity contribution in [1.29, 1.82) is 0 Å². The molecule has 0 aliphatic heterocycles. The molecule has 2 aromatic carbocycles. The summed E-state index contributed by atoms with van der Waals surface area (Å²) in [6.45, 7) is 1.56. The third-order valence-corrected chi connectivity index (χ3v) is 3.60. The van der Waals surface area contributed by atoms with E-state index in [1.54, 1.807) is 43.3 Å². The number of rotatable bonds is 2. The standard InChI is InChI=1S/C14H11BrClFO/c1-14(18,9-2-5-11(16)6-3-9)12-8-10(15)4-7-13(12)17/h2-8,18H,1H3. The second kappa shape index (κ2) is 5.00. The van der Waals surface area contributed by atoms with Crippen LogP contribution in [0.1, 0.15) is 18.1 Å². The summed E-state index contributed by atoms with van der Waals surface area (Å²) in [5.41, 5.74) is -0.596. The molecule has 1 N–H and O–H groups in total. The van der Waals surface area contributed by atoms with Crippen LogP contribution < -0.4 is 0 Å². The summed E-state index contributed by atoms with van der Waals surface area (Å²) in [6, 6.07) is 11.2. The lowest BCUT2D eigenvalue weighted by atomic mass is 9.88. The molecule has 0 fully saturated rings. The maximum Gasteiger partial charge on any atom is 0.129 e. The normalized spacial score (nSPS) is 14.3. The lowest BCUT2D eigenvalue weighted by Crippen LogP contribution is -2.24. The largest absolute Gasteiger partial charge is 0.381 e. The summed E-state index contributed by atoms with van der Waals surface area (Å²) < 4.78 is 14.5. The molecule has 0 aromatic heterocycles. The highest BCUT2D eigenvalue weighted by atomic mass is 79.9. The van der Waals surface area contributed by atoms with Crippen LogP contribution in [0.15, 0.2) is 46.9 Å².